The zero-order chi connectivity index (χ0) is 23.0. The molecule has 3 aromatic heterocycles. The van der Waals surface area contributed by atoms with Crippen molar-refractivity contribution >= 4 is 57.0 Å². The smallest absolute Gasteiger partial charge is 0.268 e. The van der Waals surface area contributed by atoms with Gasteiger partial charge in [0.1, 0.15) is 16.5 Å². The molecular weight excluding hydrogens is 465 g/mol. The van der Waals surface area contributed by atoms with Crippen LogP contribution in [-0.4, -0.2) is 54.0 Å². The Kier molecular flexibility index (Phi) is 4.55. The molecule has 170 valence electrons. The molecule has 2 aliphatic rings. The van der Waals surface area contributed by atoms with E-state index in [0.717, 1.165) is 25.7 Å². The van der Waals surface area contributed by atoms with Crippen molar-refractivity contribution in [2.24, 2.45) is 18.5 Å². The van der Waals surface area contributed by atoms with Crippen molar-refractivity contribution in [2.75, 3.05) is 4.90 Å². The molecule has 2 bridgehead atoms. The Balaban J connectivity index is 1.54. The average Bonchev–Trinajstić information content (AvgIpc) is 3.40. The number of H-pyrrole nitrogens is 1. The number of aromatic amines is 1. The van der Waals surface area contributed by atoms with Crippen molar-refractivity contribution in [1.82, 2.24) is 29.9 Å². The van der Waals surface area contributed by atoms with Gasteiger partial charge in [0, 0.05) is 30.7 Å². The van der Waals surface area contributed by atoms with Crippen molar-refractivity contribution < 1.29 is 4.79 Å². The van der Waals surface area contributed by atoms with Crippen molar-refractivity contribution in [2.45, 2.75) is 43.8 Å². The zero-order valence-electron chi connectivity index (χ0n) is 17.7. The molecule has 5 N–H and O–H groups in total. The number of nitrogens with two attached hydrogens (primary N) is 2. The first-order chi connectivity index (χ1) is 15.8. The van der Waals surface area contributed by atoms with Crippen LogP contribution in [0.4, 0.5) is 5.95 Å². The van der Waals surface area contributed by atoms with Crippen LogP contribution < -0.4 is 16.4 Å². The molecule has 12 heteroatoms. The maximum atomic E-state index is 12.5. The number of anilines is 1. The second-order valence-corrected chi connectivity index (χ2v) is 9.53. The van der Waals surface area contributed by atoms with Gasteiger partial charge < -0.3 is 16.4 Å². The standard InChI is InChI=1S/C21H21Cl2N9O/c1-31-18(23)13-12(30-31)5-4-11(15(13)22)16-14-17(19(25)33)26-21(27-20(14)29-28-16)32-9-2-3-10(32)7-8(24)6-9/h4-5,8-10H,2-3,6-7,24H2,1H3,(H2,25,33)(H,26,27,28,29)/t8?,9-,10+. The first kappa shape index (κ1) is 20.6. The van der Waals surface area contributed by atoms with Gasteiger partial charge in [-0.1, -0.05) is 23.2 Å². The van der Waals surface area contributed by atoms with E-state index in [1.807, 2.05) is 0 Å². The largest absolute Gasteiger partial charge is 0.364 e. The van der Waals surface area contributed by atoms with E-state index < -0.39 is 5.91 Å². The molecule has 0 radical (unpaired) electrons. The Morgan fingerprint density at radius 2 is 1.88 bits per heavy atom. The maximum absolute atomic E-state index is 12.5. The molecule has 6 rings (SSSR count). The van der Waals surface area contributed by atoms with Gasteiger partial charge >= 0.3 is 0 Å². The van der Waals surface area contributed by atoms with Gasteiger partial charge in [-0.05, 0) is 37.8 Å². The summed E-state index contributed by atoms with van der Waals surface area (Å²) >= 11 is 13.1. The van der Waals surface area contributed by atoms with E-state index in [-0.39, 0.29) is 23.8 Å². The molecule has 1 aromatic carbocycles. The SMILES string of the molecule is Cn1nc2ccc(-c3n[nH]c4nc(N5[C@@H]6CC[C@H]5CC(N)C6)nc(C(N)=O)c34)c(Cl)c2c1Cl. The second kappa shape index (κ2) is 7.28. The minimum absolute atomic E-state index is 0.0986. The van der Waals surface area contributed by atoms with E-state index in [2.05, 4.69) is 25.2 Å². The Morgan fingerprint density at radius 3 is 2.58 bits per heavy atom. The number of aromatic nitrogens is 6. The van der Waals surface area contributed by atoms with E-state index in [0.29, 0.717) is 49.3 Å². The predicted molar refractivity (Wildman–Crippen MR) is 126 cm³/mol. The van der Waals surface area contributed by atoms with Crippen LogP contribution in [0.2, 0.25) is 10.2 Å². The number of fused-ring (bicyclic) bond motifs is 4. The van der Waals surface area contributed by atoms with Crippen LogP contribution in [0, 0.1) is 0 Å². The van der Waals surface area contributed by atoms with Crippen LogP contribution in [0.5, 0.6) is 0 Å². The second-order valence-electron chi connectivity index (χ2n) is 8.79. The Morgan fingerprint density at radius 1 is 1.15 bits per heavy atom. The van der Waals surface area contributed by atoms with E-state index in [9.17, 15) is 4.79 Å². The molecule has 2 fully saturated rings. The lowest BCUT2D eigenvalue weighted by Gasteiger charge is -2.37. The van der Waals surface area contributed by atoms with E-state index >= 15 is 0 Å². The number of hydrogen-bond acceptors (Lipinski definition) is 7. The van der Waals surface area contributed by atoms with Gasteiger partial charge in [0.2, 0.25) is 5.95 Å². The molecule has 4 aromatic rings. The molecule has 2 saturated heterocycles. The molecular formula is C21H21Cl2N9O. The van der Waals surface area contributed by atoms with Gasteiger partial charge in [-0.2, -0.15) is 15.2 Å². The fourth-order valence-electron chi connectivity index (χ4n) is 5.35. The number of primary amides is 1. The number of hydrogen-bond donors (Lipinski definition) is 3. The summed E-state index contributed by atoms with van der Waals surface area (Å²) in [5.41, 5.74) is 14.2. The van der Waals surface area contributed by atoms with Crippen molar-refractivity contribution in [3.8, 4) is 11.3 Å². The molecule has 5 heterocycles. The summed E-state index contributed by atoms with van der Waals surface area (Å²) in [6.45, 7) is 0. The number of piperidine rings is 1. The van der Waals surface area contributed by atoms with Crippen LogP contribution in [0.15, 0.2) is 12.1 Å². The van der Waals surface area contributed by atoms with Gasteiger partial charge in [-0.3, -0.25) is 14.6 Å². The monoisotopic (exact) mass is 485 g/mol. The molecule has 0 saturated carbocycles. The first-order valence-corrected chi connectivity index (χ1v) is 11.5. The summed E-state index contributed by atoms with van der Waals surface area (Å²) in [5, 5.41) is 13.5. The summed E-state index contributed by atoms with van der Waals surface area (Å²) in [5.74, 6) is -0.188. The van der Waals surface area contributed by atoms with Crippen molar-refractivity contribution in [3.63, 3.8) is 0 Å². The van der Waals surface area contributed by atoms with E-state index in [4.69, 9.17) is 39.7 Å². The maximum Gasteiger partial charge on any atom is 0.268 e. The third-order valence-electron chi connectivity index (χ3n) is 6.76. The Labute approximate surface area is 198 Å². The number of rotatable bonds is 3. The number of carbonyl (C=O) groups is 1. The van der Waals surface area contributed by atoms with E-state index in [1.54, 1.807) is 23.9 Å². The molecule has 33 heavy (non-hydrogen) atoms. The zero-order valence-corrected chi connectivity index (χ0v) is 19.2. The lowest BCUT2D eigenvalue weighted by atomic mass is 9.98. The fraction of sp³-hybridized carbons (Fsp3) is 0.381. The molecule has 1 unspecified atom stereocenters. The Bertz CT molecular complexity index is 1430. The summed E-state index contributed by atoms with van der Waals surface area (Å²) in [6, 6.07) is 4.27. The fourth-order valence-corrected chi connectivity index (χ4v) is 5.97. The van der Waals surface area contributed by atoms with Gasteiger partial charge in [0.15, 0.2) is 5.65 Å². The number of aryl methyl sites for hydroxylation is 1. The van der Waals surface area contributed by atoms with Gasteiger partial charge in [-0.15, -0.1) is 0 Å². The summed E-state index contributed by atoms with van der Waals surface area (Å²) < 4.78 is 1.55. The molecule has 10 nitrogen and oxygen atoms in total. The molecule has 3 atom stereocenters. The quantitative estimate of drug-likeness (QED) is 0.404. The minimum Gasteiger partial charge on any atom is -0.364 e. The summed E-state index contributed by atoms with van der Waals surface area (Å²) in [7, 11) is 1.74. The molecule has 0 spiro atoms. The highest BCUT2D eigenvalue weighted by molar-refractivity contribution is 6.43. The van der Waals surface area contributed by atoms with Gasteiger partial charge in [0.05, 0.1) is 21.3 Å². The number of amides is 1. The number of halogens is 2. The molecule has 2 aliphatic heterocycles. The highest BCUT2D eigenvalue weighted by atomic mass is 35.5. The van der Waals surface area contributed by atoms with Crippen LogP contribution in [-0.2, 0) is 7.05 Å². The third-order valence-corrected chi connectivity index (χ3v) is 7.59. The minimum atomic E-state index is -0.663. The van der Waals surface area contributed by atoms with Crippen LogP contribution in [0.3, 0.4) is 0 Å². The number of nitrogens with one attached hydrogen (secondary N) is 1. The normalized spacial score (nSPS) is 22.5. The third kappa shape index (κ3) is 3.01. The average molecular weight is 486 g/mol. The lowest BCUT2D eigenvalue weighted by Crippen LogP contribution is -2.48. The summed E-state index contributed by atoms with van der Waals surface area (Å²) in [6.07, 6.45) is 3.81. The predicted octanol–water partition coefficient (Wildman–Crippen LogP) is 2.77. The van der Waals surface area contributed by atoms with Crippen molar-refractivity contribution in [3.05, 3.63) is 28.0 Å². The lowest BCUT2D eigenvalue weighted by molar-refractivity contribution is 0.0997. The Hall–Kier alpha value is -2.95. The first-order valence-electron chi connectivity index (χ1n) is 10.7. The molecule has 1 amide bonds. The number of benzene rings is 1. The highest BCUT2D eigenvalue weighted by Crippen LogP contribution is 2.41. The van der Waals surface area contributed by atoms with Crippen LogP contribution >= 0.6 is 23.2 Å². The highest BCUT2D eigenvalue weighted by Gasteiger charge is 2.41. The molecule has 0 aliphatic carbocycles. The number of nitrogens with zero attached hydrogens (tertiary/aromatic N) is 6. The van der Waals surface area contributed by atoms with Crippen LogP contribution in [0.1, 0.15) is 36.2 Å². The van der Waals surface area contributed by atoms with E-state index in [1.165, 1.54) is 0 Å². The van der Waals surface area contributed by atoms with Gasteiger partial charge in [0.25, 0.3) is 5.91 Å². The topological polar surface area (TPSA) is 145 Å². The van der Waals surface area contributed by atoms with Gasteiger partial charge in [-0.25, -0.2) is 4.98 Å². The number of carbonyl (C=O) groups excluding carboxylic acids is 1. The van der Waals surface area contributed by atoms with Crippen LogP contribution in [0.25, 0.3) is 33.2 Å². The van der Waals surface area contributed by atoms with Crippen molar-refractivity contribution in [1.29, 1.82) is 0 Å². The summed E-state index contributed by atoms with van der Waals surface area (Å²) in [4.78, 5) is 24.0.